The lowest BCUT2D eigenvalue weighted by molar-refractivity contribution is 0.100. The Bertz CT molecular complexity index is 525. The van der Waals surface area contributed by atoms with Gasteiger partial charge in [-0.2, -0.15) is 0 Å². The lowest BCUT2D eigenvalue weighted by Gasteiger charge is -2.37. The standard InChI is InChI=1S/C16H24N4O/c1-11-6-7-13(15(17)21)16(19-11)20-9-3-4-12(10-20)14-5-2-8-18-14/h6-7,12,14,18H,2-5,8-10H2,1H3,(H2,17,21). The second-order valence-corrected chi connectivity index (χ2v) is 6.24. The first kappa shape index (κ1) is 14.3. The second kappa shape index (κ2) is 6.02. The molecule has 5 nitrogen and oxygen atoms in total. The molecule has 1 aromatic heterocycles. The molecule has 0 bridgehead atoms. The average molecular weight is 288 g/mol. The Morgan fingerprint density at radius 2 is 2.24 bits per heavy atom. The molecule has 3 rings (SSSR count). The quantitative estimate of drug-likeness (QED) is 0.883. The third-order valence-electron chi connectivity index (χ3n) is 4.70. The van der Waals surface area contributed by atoms with Crippen LogP contribution in [0.2, 0.25) is 0 Å². The van der Waals surface area contributed by atoms with Gasteiger partial charge >= 0.3 is 0 Å². The zero-order valence-corrected chi connectivity index (χ0v) is 12.6. The Kier molecular flexibility index (Phi) is 4.10. The molecule has 1 amide bonds. The third kappa shape index (κ3) is 3.02. The molecular weight excluding hydrogens is 264 g/mol. The summed E-state index contributed by atoms with van der Waals surface area (Å²) in [6.45, 7) is 5.01. The van der Waals surface area contributed by atoms with Crippen molar-refractivity contribution in [2.24, 2.45) is 11.7 Å². The molecule has 2 aliphatic rings. The van der Waals surface area contributed by atoms with E-state index in [2.05, 4.69) is 15.2 Å². The number of carbonyl (C=O) groups excluding carboxylic acids is 1. The second-order valence-electron chi connectivity index (χ2n) is 6.24. The Hall–Kier alpha value is -1.62. The number of carbonyl (C=O) groups is 1. The lowest BCUT2D eigenvalue weighted by Crippen LogP contribution is -2.44. The number of hydrogen-bond donors (Lipinski definition) is 2. The number of anilines is 1. The number of hydrogen-bond acceptors (Lipinski definition) is 4. The summed E-state index contributed by atoms with van der Waals surface area (Å²) >= 11 is 0. The largest absolute Gasteiger partial charge is 0.365 e. The number of rotatable bonds is 3. The van der Waals surface area contributed by atoms with Crippen LogP contribution in [0.25, 0.3) is 0 Å². The van der Waals surface area contributed by atoms with Gasteiger partial charge in [0.2, 0.25) is 0 Å². The number of piperidine rings is 1. The maximum absolute atomic E-state index is 11.7. The fraction of sp³-hybridized carbons (Fsp3) is 0.625. The van der Waals surface area contributed by atoms with E-state index in [9.17, 15) is 4.79 Å². The van der Waals surface area contributed by atoms with E-state index in [-0.39, 0.29) is 0 Å². The summed E-state index contributed by atoms with van der Waals surface area (Å²) in [5.74, 6) is 1.02. The van der Waals surface area contributed by atoms with Crippen LogP contribution in [-0.2, 0) is 0 Å². The van der Waals surface area contributed by atoms with Crippen LogP contribution in [0.5, 0.6) is 0 Å². The van der Waals surface area contributed by atoms with Crippen LogP contribution in [0.3, 0.4) is 0 Å². The molecular formula is C16H24N4O. The fourth-order valence-electron chi connectivity index (χ4n) is 3.62. The number of nitrogens with zero attached hydrogens (tertiary/aromatic N) is 2. The number of nitrogens with one attached hydrogen (secondary N) is 1. The molecule has 114 valence electrons. The summed E-state index contributed by atoms with van der Waals surface area (Å²) in [7, 11) is 0. The minimum Gasteiger partial charge on any atom is -0.365 e. The summed E-state index contributed by atoms with van der Waals surface area (Å²) in [6, 6.07) is 4.27. The van der Waals surface area contributed by atoms with Gasteiger partial charge in [0, 0.05) is 24.8 Å². The Morgan fingerprint density at radius 3 is 2.95 bits per heavy atom. The Morgan fingerprint density at radius 1 is 1.38 bits per heavy atom. The average Bonchev–Trinajstić information content (AvgIpc) is 3.01. The van der Waals surface area contributed by atoms with Crippen molar-refractivity contribution in [1.29, 1.82) is 0 Å². The molecule has 0 aliphatic carbocycles. The van der Waals surface area contributed by atoms with Crippen molar-refractivity contribution in [2.75, 3.05) is 24.5 Å². The highest BCUT2D eigenvalue weighted by atomic mass is 16.1. The van der Waals surface area contributed by atoms with Gasteiger partial charge in [-0.05, 0) is 57.2 Å². The number of nitrogens with two attached hydrogens (primary N) is 1. The van der Waals surface area contributed by atoms with Crippen molar-refractivity contribution in [2.45, 2.75) is 38.6 Å². The van der Waals surface area contributed by atoms with Crippen LogP contribution >= 0.6 is 0 Å². The molecule has 21 heavy (non-hydrogen) atoms. The zero-order valence-electron chi connectivity index (χ0n) is 12.6. The van der Waals surface area contributed by atoms with E-state index >= 15 is 0 Å². The van der Waals surface area contributed by atoms with Crippen molar-refractivity contribution >= 4 is 11.7 Å². The van der Waals surface area contributed by atoms with E-state index in [1.54, 1.807) is 6.07 Å². The molecule has 0 radical (unpaired) electrons. The lowest BCUT2D eigenvalue weighted by atomic mass is 9.89. The smallest absolute Gasteiger partial charge is 0.252 e. The monoisotopic (exact) mass is 288 g/mol. The first-order valence-corrected chi connectivity index (χ1v) is 7.91. The van der Waals surface area contributed by atoms with Crippen LogP contribution in [-0.4, -0.2) is 36.6 Å². The predicted octanol–water partition coefficient (Wildman–Crippen LogP) is 1.46. The number of aromatic nitrogens is 1. The van der Waals surface area contributed by atoms with Gasteiger partial charge in [-0.15, -0.1) is 0 Å². The Balaban J connectivity index is 1.82. The van der Waals surface area contributed by atoms with Gasteiger partial charge in [0.15, 0.2) is 0 Å². The molecule has 0 aromatic carbocycles. The maximum atomic E-state index is 11.7. The molecule has 3 heterocycles. The number of amides is 1. The highest BCUT2D eigenvalue weighted by Gasteiger charge is 2.30. The van der Waals surface area contributed by atoms with Crippen molar-refractivity contribution in [3.63, 3.8) is 0 Å². The van der Waals surface area contributed by atoms with E-state index in [0.29, 0.717) is 17.5 Å². The van der Waals surface area contributed by atoms with Crippen molar-refractivity contribution in [1.82, 2.24) is 10.3 Å². The first-order chi connectivity index (χ1) is 10.1. The molecule has 0 spiro atoms. The van der Waals surface area contributed by atoms with Gasteiger partial charge < -0.3 is 16.0 Å². The molecule has 2 unspecified atom stereocenters. The number of aryl methyl sites for hydroxylation is 1. The molecule has 5 heteroatoms. The van der Waals surface area contributed by atoms with Gasteiger partial charge in [0.1, 0.15) is 5.82 Å². The summed E-state index contributed by atoms with van der Waals surface area (Å²) in [6.07, 6.45) is 4.95. The zero-order chi connectivity index (χ0) is 14.8. The fourth-order valence-corrected chi connectivity index (χ4v) is 3.62. The first-order valence-electron chi connectivity index (χ1n) is 7.91. The summed E-state index contributed by atoms with van der Waals surface area (Å²) < 4.78 is 0. The van der Waals surface area contributed by atoms with Gasteiger partial charge in [0.05, 0.1) is 5.56 Å². The molecule has 2 fully saturated rings. The third-order valence-corrected chi connectivity index (χ3v) is 4.70. The highest BCUT2D eigenvalue weighted by Crippen LogP contribution is 2.29. The topological polar surface area (TPSA) is 71.2 Å². The van der Waals surface area contributed by atoms with Gasteiger partial charge in [-0.25, -0.2) is 4.98 Å². The SMILES string of the molecule is Cc1ccc(C(N)=O)c(N2CCCC(C3CCCN3)C2)n1. The molecule has 3 N–H and O–H groups in total. The van der Waals surface area contributed by atoms with Gasteiger partial charge in [-0.3, -0.25) is 4.79 Å². The Labute approximate surface area is 125 Å². The van der Waals surface area contributed by atoms with Crippen LogP contribution in [0, 0.1) is 12.8 Å². The predicted molar refractivity (Wildman–Crippen MR) is 83.5 cm³/mol. The molecule has 0 saturated carbocycles. The molecule has 2 saturated heterocycles. The van der Waals surface area contributed by atoms with E-state index in [1.165, 1.54) is 19.3 Å². The van der Waals surface area contributed by atoms with Crippen molar-refractivity contribution in [3.05, 3.63) is 23.4 Å². The van der Waals surface area contributed by atoms with Crippen molar-refractivity contribution in [3.8, 4) is 0 Å². The minimum absolute atomic E-state index is 0.390. The maximum Gasteiger partial charge on any atom is 0.252 e. The minimum atomic E-state index is -0.390. The molecule has 1 aromatic rings. The summed E-state index contributed by atoms with van der Waals surface area (Å²) in [5, 5.41) is 3.61. The summed E-state index contributed by atoms with van der Waals surface area (Å²) in [5.41, 5.74) is 6.98. The van der Waals surface area contributed by atoms with Crippen LogP contribution in [0.4, 0.5) is 5.82 Å². The van der Waals surface area contributed by atoms with E-state index in [4.69, 9.17) is 5.73 Å². The van der Waals surface area contributed by atoms with Gasteiger partial charge in [0.25, 0.3) is 5.91 Å². The number of primary amides is 1. The normalized spacial score (nSPS) is 26.0. The van der Waals surface area contributed by atoms with Gasteiger partial charge in [-0.1, -0.05) is 0 Å². The molecule has 2 aliphatic heterocycles. The van der Waals surface area contributed by atoms with E-state index in [1.807, 2.05) is 13.0 Å². The molecule has 2 atom stereocenters. The van der Waals surface area contributed by atoms with Crippen LogP contribution < -0.4 is 16.0 Å². The highest BCUT2D eigenvalue weighted by molar-refractivity contribution is 5.97. The van der Waals surface area contributed by atoms with E-state index in [0.717, 1.165) is 37.6 Å². The van der Waals surface area contributed by atoms with E-state index < -0.39 is 5.91 Å². The van der Waals surface area contributed by atoms with Crippen LogP contribution in [0.1, 0.15) is 41.7 Å². The number of pyridine rings is 1. The van der Waals surface area contributed by atoms with Crippen molar-refractivity contribution < 1.29 is 4.79 Å². The summed E-state index contributed by atoms with van der Waals surface area (Å²) in [4.78, 5) is 18.5. The van der Waals surface area contributed by atoms with Crippen LogP contribution in [0.15, 0.2) is 12.1 Å².